The zero-order valence-electron chi connectivity index (χ0n) is 12.5. The molecule has 6 heteroatoms. The second-order valence-electron chi connectivity index (χ2n) is 6.26. The Kier molecular flexibility index (Phi) is 4.44. The molecule has 0 saturated carbocycles. The Bertz CT molecular complexity index is 557. The average molecular weight is 315 g/mol. The number of carbonyl (C=O) groups excluding carboxylic acids is 1. The van der Waals surface area contributed by atoms with Gasteiger partial charge >= 0.3 is 6.09 Å². The third-order valence-corrected chi connectivity index (χ3v) is 3.59. The third-order valence-electron chi connectivity index (χ3n) is 3.30. The van der Waals surface area contributed by atoms with Crippen molar-refractivity contribution in [3.63, 3.8) is 0 Å². The van der Waals surface area contributed by atoms with Crippen LogP contribution < -0.4 is 5.73 Å². The molecule has 2 N–H and O–H groups in total. The first kappa shape index (κ1) is 16.0. The molecule has 0 unspecified atom stereocenters. The predicted molar refractivity (Wildman–Crippen MR) is 79.6 cm³/mol. The summed E-state index contributed by atoms with van der Waals surface area (Å²) in [6, 6.07) is 2.58. The summed E-state index contributed by atoms with van der Waals surface area (Å²) in [5.74, 6) is -0.489. The summed E-state index contributed by atoms with van der Waals surface area (Å²) in [5, 5.41) is 0.0342. The highest BCUT2D eigenvalue weighted by molar-refractivity contribution is 6.30. The molecule has 0 aliphatic carbocycles. The molecule has 1 aromatic carbocycles. The van der Waals surface area contributed by atoms with E-state index < -0.39 is 17.5 Å². The van der Waals surface area contributed by atoms with Crippen LogP contribution in [-0.4, -0.2) is 23.1 Å². The minimum absolute atomic E-state index is 0.0342. The van der Waals surface area contributed by atoms with E-state index in [2.05, 4.69) is 0 Å². The Balaban J connectivity index is 2.27. The first-order valence-electron chi connectivity index (χ1n) is 6.88. The molecular formula is C15H20ClFN2O2. The van der Waals surface area contributed by atoms with Crippen molar-refractivity contribution in [2.45, 2.75) is 45.4 Å². The van der Waals surface area contributed by atoms with Crippen LogP contribution in [0.15, 0.2) is 12.1 Å². The lowest BCUT2D eigenvalue weighted by Crippen LogP contribution is -2.36. The Morgan fingerprint density at radius 3 is 2.76 bits per heavy atom. The monoisotopic (exact) mass is 314 g/mol. The van der Waals surface area contributed by atoms with E-state index in [1.54, 1.807) is 4.90 Å². The van der Waals surface area contributed by atoms with Gasteiger partial charge in [-0.25, -0.2) is 9.18 Å². The molecule has 0 bridgehead atoms. The van der Waals surface area contributed by atoms with E-state index >= 15 is 0 Å². The number of rotatable bonds is 0. The average Bonchev–Trinajstić information content (AvgIpc) is 2.49. The fourth-order valence-electron chi connectivity index (χ4n) is 2.30. The first-order chi connectivity index (χ1) is 9.67. The largest absolute Gasteiger partial charge is 0.444 e. The lowest BCUT2D eigenvalue weighted by atomic mass is 10.00. The topological polar surface area (TPSA) is 55.6 Å². The minimum Gasteiger partial charge on any atom is -0.444 e. The molecule has 1 aromatic rings. The molecule has 116 valence electrons. The van der Waals surface area contributed by atoms with E-state index in [0.29, 0.717) is 25.1 Å². The van der Waals surface area contributed by atoms with Crippen LogP contribution in [0.3, 0.4) is 0 Å². The van der Waals surface area contributed by atoms with E-state index in [-0.39, 0.29) is 11.1 Å². The summed E-state index contributed by atoms with van der Waals surface area (Å²) in [5.41, 5.74) is 6.96. The fourth-order valence-corrected chi connectivity index (χ4v) is 2.49. The maximum Gasteiger partial charge on any atom is 0.410 e. The maximum absolute atomic E-state index is 13.6. The second-order valence-corrected chi connectivity index (χ2v) is 6.67. The van der Waals surface area contributed by atoms with Crippen molar-refractivity contribution in [2.24, 2.45) is 5.73 Å². The van der Waals surface area contributed by atoms with Crippen LogP contribution in [0.1, 0.15) is 44.4 Å². The van der Waals surface area contributed by atoms with Gasteiger partial charge in [0.15, 0.2) is 0 Å². The van der Waals surface area contributed by atoms with Gasteiger partial charge in [0.25, 0.3) is 0 Å². The smallest absolute Gasteiger partial charge is 0.410 e. The highest BCUT2D eigenvalue weighted by Gasteiger charge is 2.27. The maximum atomic E-state index is 13.6. The van der Waals surface area contributed by atoms with Gasteiger partial charge in [0.05, 0.1) is 5.02 Å². The molecule has 1 heterocycles. The Morgan fingerprint density at radius 2 is 2.14 bits per heavy atom. The molecule has 1 aliphatic rings. The van der Waals surface area contributed by atoms with Crippen LogP contribution in [0.5, 0.6) is 0 Å². The minimum atomic E-state index is -0.561. The van der Waals surface area contributed by atoms with Crippen LogP contribution in [0.4, 0.5) is 9.18 Å². The van der Waals surface area contributed by atoms with Gasteiger partial charge in [0.1, 0.15) is 11.4 Å². The zero-order chi connectivity index (χ0) is 15.8. The van der Waals surface area contributed by atoms with E-state index in [1.165, 1.54) is 12.1 Å². The van der Waals surface area contributed by atoms with Crippen LogP contribution in [-0.2, 0) is 11.3 Å². The van der Waals surface area contributed by atoms with Gasteiger partial charge in [0.2, 0.25) is 0 Å². The van der Waals surface area contributed by atoms with Crippen LogP contribution >= 0.6 is 11.6 Å². The van der Waals surface area contributed by atoms with Crippen LogP contribution in [0.2, 0.25) is 5.02 Å². The molecule has 4 nitrogen and oxygen atoms in total. The number of benzene rings is 1. The van der Waals surface area contributed by atoms with Crippen molar-refractivity contribution in [2.75, 3.05) is 6.54 Å². The second kappa shape index (κ2) is 5.81. The van der Waals surface area contributed by atoms with E-state index in [4.69, 9.17) is 22.1 Å². The number of amides is 1. The molecule has 1 atom stereocenters. The number of nitrogens with two attached hydrogens (primary N) is 1. The van der Waals surface area contributed by atoms with Crippen LogP contribution in [0, 0.1) is 5.82 Å². The Hall–Kier alpha value is -1.33. The number of fused-ring (bicyclic) bond motifs is 1. The van der Waals surface area contributed by atoms with Gasteiger partial charge in [-0.15, -0.1) is 0 Å². The summed E-state index contributed by atoms with van der Waals surface area (Å²) in [4.78, 5) is 13.8. The molecule has 1 amide bonds. The zero-order valence-corrected chi connectivity index (χ0v) is 13.2. The number of carbonyl (C=O) groups is 1. The number of hydrogen-bond donors (Lipinski definition) is 1. The first-order valence-corrected chi connectivity index (χ1v) is 7.26. The number of nitrogens with zero attached hydrogens (tertiary/aromatic N) is 1. The van der Waals surface area contributed by atoms with E-state index in [9.17, 15) is 9.18 Å². The summed E-state index contributed by atoms with van der Waals surface area (Å²) in [6.45, 7) is 6.22. The summed E-state index contributed by atoms with van der Waals surface area (Å²) < 4.78 is 19.0. The van der Waals surface area contributed by atoms with Crippen molar-refractivity contribution < 1.29 is 13.9 Å². The standard InChI is InChI=1S/C15H20ClFN2O2/c1-15(2,3)21-14(20)19-5-4-13(18)10-7-12(17)11(16)6-9(10)8-19/h6-7,13H,4-5,8,18H2,1-3H3/t13-/m0/s1. The molecule has 0 radical (unpaired) electrons. The highest BCUT2D eigenvalue weighted by atomic mass is 35.5. The van der Waals surface area contributed by atoms with Crippen molar-refractivity contribution in [3.8, 4) is 0 Å². The number of hydrogen-bond acceptors (Lipinski definition) is 3. The van der Waals surface area contributed by atoms with Gasteiger partial charge in [-0.3, -0.25) is 0 Å². The lowest BCUT2D eigenvalue weighted by molar-refractivity contribution is 0.0235. The summed E-state index contributed by atoms with van der Waals surface area (Å²) in [6.07, 6.45) is 0.149. The number of halogens is 2. The van der Waals surface area contributed by atoms with Gasteiger partial charge in [-0.2, -0.15) is 0 Å². The van der Waals surface area contributed by atoms with Crippen molar-refractivity contribution in [3.05, 3.63) is 34.1 Å². The van der Waals surface area contributed by atoms with Crippen LogP contribution in [0.25, 0.3) is 0 Å². The summed E-state index contributed by atoms with van der Waals surface area (Å²) >= 11 is 5.83. The molecule has 21 heavy (non-hydrogen) atoms. The highest BCUT2D eigenvalue weighted by Crippen LogP contribution is 2.30. The Morgan fingerprint density at radius 1 is 1.48 bits per heavy atom. The molecule has 2 rings (SSSR count). The molecule has 0 spiro atoms. The molecule has 0 aromatic heterocycles. The Labute approximate surface area is 129 Å². The normalized spacial score (nSPS) is 19.0. The lowest BCUT2D eigenvalue weighted by Gasteiger charge is -2.26. The van der Waals surface area contributed by atoms with Crippen molar-refractivity contribution in [1.29, 1.82) is 0 Å². The fraction of sp³-hybridized carbons (Fsp3) is 0.533. The molecule has 1 aliphatic heterocycles. The quantitative estimate of drug-likeness (QED) is 0.795. The van der Waals surface area contributed by atoms with E-state index in [0.717, 1.165) is 5.56 Å². The van der Waals surface area contributed by atoms with Gasteiger partial charge in [-0.05, 0) is 50.5 Å². The third kappa shape index (κ3) is 3.86. The van der Waals surface area contributed by atoms with Gasteiger partial charge in [0, 0.05) is 19.1 Å². The molecular weight excluding hydrogens is 295 g/mol. The molecule has 0 fully saturated rings. The SMILES string of the molecule is CC(C)(C)OC(=O)N1CC[C@H](N)c2cc(F)c(Cl)cc2C1. The van der Waals surface area contributed by atoms with Gasteiger partial charge < -0.3 is 15.4 Å². The summed E-state index contributed by atoms with van der Waals surface area (Å²) in [7, 11) is 0. The van der Waals surface area contributed by atoms with Crippen molar-refractivity contribution in [1.82, 2.24) is 4.90 Å². The number of ether oxygens (including phenoxy) is 1. The predicted octanol–water partition coefficient (Wildman–Crippen LogP) is 3.62. The molecule has 0 saturated heterocycles. The van der Waals surface area contributed by atoms with Gasteiger partial charge in [-0.1, -0.05) is 11.6 Å². The van der Waals surface area contributed by atoms with E-state index in [1.807, 2.05) is 20.8 Å². The van der Waals surface area contributed by atoms with Crippen molar-refractivity contribution >= 4 is 17.7 Å².